The van der Waals surface area contributed by atoms with E-state index in [9.17, 15) is 9.50 Å². The van der Waals surface area contributed by atoms with Gasteiger partial charge in [-0.3, -0.25) is 0 Å². The van der Waals surface area contributed by atoms with Gasteiger partial charge in [-0.2, -0.15) is 0 Å². The average Bonchev–Trinajstić information content (AvgIpc) is 2.88. The van der Waals surface area contributed by atoms with Gasteiger partial charge in [0.05, 0.1) is 6.10 Å². The van der Waals surface area contributed by atoms with E-state index in [2.05, 4.69) is 5.32 Å². The summed E-state index contributed by atoms with van der Waals surface area (Å²) in [7, 11) is 0. The van der Waals surface area contributed by atoms with Gasteiger partial charge in [-0.25, -0.2) is 4.39 Å². The molecule has 0 fully saturated rings. The van der Waals surface area contributed by atoms with E-state index in [1.807, 2.05) is 36.4 Å². The Kier molecular flexibility index (Phi) is 3.81. The van der Waals surface area contributed by atoms with Gasteiger partial charge in [0.1, 0.15) is 5.82 Å². The Balaban J connectivity index is 1.64. The van der Waals surface area contributed by atoms with E-state index in [0.29, 0.717) is 6.54 Å². The van der Waals surface area contributed by atoms with E-state index in [1.54, 1.807) is 6.07 Å². The maximum Gasteiger partial charge on any atom is 0.123 e. The Labute approximate surface area is 118 Å². The van der Waals surface area contributed by atoms with Crippen molar-refractivity contribution in [2.75, 3.05) is 6.54 Å². The molecule has 0 saturated heterocycles. The summed E-state index contributed by atoms with van der Waals surface area (Å²) in [6.45, 7) is 0.505. The van der Waals surface area contributed by atoms with E-state index in [0.717, 1.165) is 29.5 Å². The highest BCUT2D eigenvalue weighted by Gasteiger charge is 2.23. The predicted octanol–water partition coefficient (Wildman–Crippen LogP) is 3.14. The number of aryl methyl sites for hydroxylation is 1. The molecular weight excluding hydrogens is 253 g/mol. The van der Waals surface area contributed by atoms with Gasteiger partial charge >= 0.3 is 0 Å². The lowest BCUT2D eigenvalue weighted by Crippen LogP contribution is -2.25. The standard InChI is InChI=1S/C17H18FNO/c18-14-7-8-15-13(10-14)6-9-16(15)19-11-17(20)12-4-2-1-3-5-12/h1-5,7-8,10,16-17,19-20H,6,9,11H2. The number of fused-ring (bicyclic) bond motifs is 1. The minimum absolute atomic E-state index is 0.172. The smallest absolute Gasteiger partial charge is 0.123 e. The normalized spacial score (nSPS) is 18.8. The lowest BCUT2D eigenvalue weighted by molar-refractivity contribution is 0.169. The highest BCUT2D eigenvalue weighted by Crippen LogP contribution is 2.31. The highest BCUT2D eigenvalue weighted by atomic mass is 19.1. The van der Waals surface area contributed by atoms with Gasteiger partial charge in [-0.15, -0.1) is 0 Å². The number of nitrogens with one attached hydrogen (secondary N) is 1. The van der Waals surface area contributed by atoms with Crippen LogP contribution in [0.3, 0.4) is 0 Å². The Bertz CT molecular complexity index is 585. The van der Waals surface area contributed by atoms with Crippen LogP contribution in [0.4, 0.5) is 4.39 Å². The van der Waals surface area contributed by atoms with E-state index in [1.165, 1.54) is 6.07 Å². The molecule has 0 heterocycles. The molecule has 2 nitrogen and oxygen atoms in total. The lowest BCUT2D eigenvalue weighted by atomic mass is 10.1. The second kappa shape index (κ2) is 5.73. The van der Waals surface area contributed by atoms with Crippen LogP contribution in [0.5, 0.6) is 0 Å². The maximum atomic E-state index is 13.2. The van der Waals surface area contributed by atoms with Crippen LogP contribution in [0.1, 0.15) is 35.3 Å². The zero-order chi connectivity index (χ0) is 13.9. The minimum Gasteiger partial charge on any atom is -0.387 e. The molecule has 0 aliphatic heterocycles. The molecule has 0 radical (unpaired) electrons. The molecule has 2 N–H and O–H groups in total. The fourth-order valence-corrected chi connectivity index (χ4v) is 2.85. The quantitative estimate of drug-likeness (QED) is 0.895. The lowest BCUT2D eigenvalue weighted by Gasteiger charge is -2.17. The zero-order valence-electron chi connectivity index (χ0n) is 11.2. The molecule has 0 saturated carbocycles. The number of hydrogen-bond acceptors (Lipinski definition) is 2. The van der Waals surface area contributed by atoms with Crippen molar-refractivity contribution in [3.05, 3.63) is 71.0 Å². The first kappa shape index (κ1) is 13.3. The van der Waals surface area contributed by atoms with Crippen LogP contribution in [-0.4, -0.2) is 11.7 Å². The molecule has 2 unspecified atom stereocenters. The molecule has 1 aliphatic rings. The van der Waals surface area contributed by atoms with Crippen LogP contribution in [0.15, 0.2) is 48.5 Å². The van der Waals surface area contributed by atoms with Gasteiger partial charge in [0, 0.05) is 12.6 Å². The van der Waals surface area contributed by atoms with Crippen molar-refractivity contribution in [2.24, 2.45) is 0 Å². The summed E-state index contributed by atoms with van der Waals surface area (Å²) in [4.78, 5) is 0. The molecule has 104 valence electrons. The zero-order valence-corrected chi connectivity index (χ0v) is 11.2. The fourth-order valence-electron chi connectivity index (χ4n) is 2.85. The van der Waals surface area contributed by atoms with Crippen molar-refractivity contribution < 1.29 is 9.50 Å². The number of halogens is 1. The van der Waals surface area contributed by atoms with Gasteiger partial charge in [-0.05, 0) is 41.7 Å². The van der Waals surface area contributed by atoms with Crippen molar-refractivity contribution in [3.8, 4) is 0 Å². The summed E-state index contributed by atoms with van der Waals surface area (Å²) < 4.78 is 13.2. The molecule has 20 heavy (non-hydrogen) atoms. The number of aliphatic hydroxyl groups is 1. The summed E-state index contributed by atoms with van der Waals surface area (Å²) in [6, 6.07) is 14.8. The van der Waals surface area contributed by atoms with Gasteiger partial charge in [0.15, 0.2) is 0 Å². The van der Waals surface area contributed by atoms with Gasteiger partial charge in [-0.1, -0.05) is 36.4 Å². The van der Waals surface area contributed by atoms with Crippen LogP contribution in [0.25, 0.3) is 0 Å². The monoisotopic (exact) mass is 271 g/mol. The van der Waals surface area contributed by atoms with E-state index >= 15 is 0 Å². The average molecular weight is 271 g/mol. The van der Waals surface area contributed by atoms with E-state index < -0.39 is 6.10 Å². The van der Waals surface area contributed by atoms with Crippen molar-refractivity contribution in [3.63, 3.8) is 0 Å². The third kappa shape index (κ3) is 2.74. The number of aliphatic hydroxyl groups excluding tert-OH is 1. The molecule has 0 spiro atoms. The van der Waals surface area contributed by atoms with Crippen molar-refractivity contribution in [2.45, 2.75) is 25.0 Å². The Morgan fingerprint density at radius 2 is 2.00 bits per heavy atom. The van der Waals surface area contributed by atoms with Gasteiger partial charge < -0.3 is 10.4 Å². The molecule has 3 heteroatoms. The predicted molar refractivity (Wildman–Crippen MR) is 76.9 cm³/mol. The Morgan fingerprint density at radius 3 is 2.80 bits per heavy atom. The SMILES string of the molecule is OC(CNC1CCc2cc(F)ccc21)c1ccccc1. The van der Waals surface area contributed by atoms with Crippen LogP contribution in [0.2, 0.25) is 0 Å². The minimum atomic E-state index is -0.513. The summed E-state index contributed by atoms with van der Waals surface area (Å²) >= 11 is 0. The fraction of sp³-hybridized carbons (Fsp3) is 0.294. The van der Waals surface area contributed by atoms with Crippen LogP contribution < -0.4 is 5.32 Å². The molecule has 0 amide bonds. The summed E-state index contributed by atoms with van der Waals surface area (Å²) in [5, 5.41) is 13.5. The van der Waals surface area contributed by atoms with Crippen LogP contribution >= 0.6 is 0 Å². The van der Waals surface area contributed by atoms with Crippen LogP contribution in [0, 0.1) is 5.82 Å². The molecular formula is C17H18FNO. The topological polar surface area (TPSA) is 32.3 Å². The molecule has 3 rings (SSSR count). The molecule has 2 aromatic carbocycles. The largest absolute Gasteiger partial charge is 0.387 e. The number of rotatable bonds is 4. The molecule has 1 aliphatic carbocycles. The van der Waals surface area contributed by atoms with E-state index in [-0.39, 0.29) is 11.9 Å². The van der Waals surface area contributed by atoms with Crippen molar-refractivity contribution in [1.82, 2.24) is 5.32 Å². The number of benzene rings is 2. The molecule has 0 bridgehead atoms. The second-order valence-electron chi connectivity index (χ2n) is 5.27. The summed E-state index contributed by atoms with van der Waals surface area (Å²) in [5.41, 5.74) is 3.15. The second-order valence-corrected chi connectivity index (χ2v) is 5.27. The maximum absolute atomic E-state index is 13.2. The van der Waals surface area contributed by atoms with E-state index in [4.69, 9.17) is 0 Å². The summed E-state index contributed by atoms with van der Waals surface area (Å²) in [6.07, 6.45) is 1.34. The summed E-state index contributed by atoms with van der Waals surface area (Å²) in [5.74, 6) is -0.172. The molecule has 0 aromatic heterocycles. The van der Waals surface area contributed by atoms with Crippen molar-refractivity contribution >= 4 is 0 Å². The number of hydrogen-bond donors (Lipinski definition) is 2. The first-order valence-corrected chi connectivity index (χ1v) is 6.99. The van der Waals surface area contributed by atoms with Crippen LogP contribution in [-0.2, 0) is 6.42 Å². The Morgan fingerprint density at radius 1 is 1.20 bits per heavy atom. The van der Waals surface area contributed by atoms with Crippen molar-refractivity contribution in [1.29, 1.82) is 0 Å². The highest BCUT2D eigenvalue weighted by molar-refractivity contribution is 5.35. The third-order valence-corrected chi connectivity index (χ3v) is 3.92. The van der Waals surface area contributed by atoms with Gasteiger partial charge in [0.2, 0.25) is 0 Å². The van der Waals surface area contributed by atoms with Gasteiger partial charge in [0.25, 0.3) is 0 Å². The first-order chi connectivity index (χ1) is 9.74. The molecule has 2 aromatic rings. The Hall–Kier alpha value is -1.71. The third-order valence-electron chi connectivity index (χ3n) is 3.92. The molecule has 2 atom stereocenters. The first-order valence-electron chi connectivity index (χ1n) is 6.99.